The average molecular weight is 287 g/mol. The molecule has 1 atom stereocenters. The summed E-state index contributed by atoms with van der Waals surface area (Å²) in [5, 5.41) is 22.9. The summed E-state index contributed by atoms with van der Waals surface area (Å²) in [5.41, 5.74) is 2.63. The van der Waals surface area contributed by atoms with E-state index in [2.05, 4.69) is 11.4 Å². The maximum atomic E-state index is 9.86. The topological polar surface area (TPSA) is 56.0 Å². The lowest BCUT2D eigenvalue weighted by Gasteiger charge is -2.14. The number of nitrogens with one attached hydrogen (secondary N) is 1. The molecular formula is C16H15ClN2O. The summed E-state index contributed by atoms with van der Waals surface area (Å²) in [7, 11) is 0. The third kappa shape index (κ3) is 3.51. The molecule has 2 aromatic carbocycles. The Balaban J connectivity index is 2.11. The fourth-order valence-electron chi connectivity index (χ4n) is 1.95. The average Bonchev–Trinajstić information content (AvgIpc) is 2.45. The molecule has 0 bridgehead atoms. The highest BCUT2D eigenvalue weighted by Crippen LogP contribution is 2.25. The normalized spacial score (nSPS) is 11.8. The molecular weight excluding hydrogens is 272 g/mol. The Hall–Kier alpha value is -2.02. The van der Waals surface area contributed by atoms with Crippen molar-refractivity contribution in [3.8, 4) is 11.8 Å². The molecule has 0 aliphatic carbocycles. The highest BCUT2D eigenvalue weighted by atomic mass is 35.5. The molecule has 2 rings (SSSR count). The largest absolute Gasteiger partial charge is 0.508 e. The molecule has 0 aromatic heterocycles. The first kappa shape index (κ1) is 14.4. The molecule has 0 aliphatic rings. The van der Waals surface area contributed by atoms with Crippen LogP contribution in [0.15, 0.2) is 42.5 Å². The van der Waals surface area contributed by atoms with Crippen LogP contribution in [0.2, 0.25) is 5.02 Å². The summed E-state index contributed by atoms with van der Waals surface area (Å²) >= 11 is 5.83. The van der Waals surface area contributed by atoms with E-state index < -0.39 is 6.04 Å². The summed E-state index contributed by atoms with van der Waals surface area (Å²) in [5.74, 6) is 0.130. The van der Waals surface area contributed by atoms with E-state index in [9.17, 15) is 10.4 Å². The van der Waals surface area contributed by atoms with Gasteiger partial charge in [-0.1, -0.05) is 35.4 Å². The molecule has 2 aromatic rings. The standard InChI is InChI=1S/C16H15ClN2O/c1-11-2-7-16(20)14(8-11)15(9-18)19-10-12-3-5-13(17)6-4-12/h2-8,15,19-20H,10H2,1H3. The van der Waals surface area contributed by atoms with Gasteiger partial charge < -0.3 is 5.11 Å². The first-order chi connectivity index (χ1) is 9.60. The van der Waals surface area contributed by atoms with Crippen LogP contribution >= 0.6 is 11.6 Å². The number of rotatable bonds is 4. The van der Waals surface area contributed by atoms with E-state index in [1.807, 2.05) is 43.3 Å². The zero-order valence-electron chi connectivity index (χ0n) is 11.1. The predicted octanol–water partition coefficient (Wildman–Crippen LogP) is 3.71. The number of hydrogen-bond donors (Lipinski definition) is 2. The van der Waals surface area contributed by atoms with Crippen molar-refractivity contribution < 1.29 is 5.11 Å². The smallest absolute Gasteiger partial charge is 0.125 e. The van der Waals surface area contributed by atoms with Crippen molar-refractivity contribution in [2.75, 3.05) is 0 Å². The number of phenolic OH excluding ortho intramolecular Hbond substituents is 1. The lowest BCUT2D eigenvalue weighted by atomic mass is 10.0. The van der Waals surface area contributed by atoms with Gasteiger partial charge in [0.15, 0.2) is 0 Å². The van der Waals surface area contributed by atoms with Crippen molar-refractivity contribution in [3.05, 3.63) is 64.2 Å². The summed E-state index contributed by atoms with van der Waals surface area (Å²) < 4.78 is 0. The molecule has 102 valence electrons. The molecule has 0 saturated heterocycles. The van der Waals surface area contributed by atoms with E-state index in [1.165, 1.54) is 0 Å². The Morgan fingerprint density at radius 1 is 1.25 bits per heavy atom. The second kappa shape index (κ2) is 6.42. The molecule has 1 unspecified atom stereocenters. The quantitative estimate of drug-likeness (QED) is 0.901. The molecule has 20 heavy (non-hydrogen) atoms. The lowest BCUT2D eigenvalue weighted by molar-refractivity contribution is 0.459. The number of aromatic hydroxyl groups is 1. The number of phenols is 1. The number of nitriles is 1. The first-order valence-corrected chi connectivity index (χ1v) is 6.65. The van der Waals surface area contributed by atoms with E-state index in [-0.39, 0.29) is 5.75 Å². The highest BCUT2D eigenvalue weighted by molar-refractivity contribution is 6.30. The fourth-order valence-corrected chi connectivity index (χ4v) is 2.08. The maximum Gasteiger partial charge on any atom is 0.125 e. The minimum atomic E-state index is -0.550. The lowest BCUT2D eigenvalue weighted by Crippen LogP contribution is -2.19. The van der Waals surface area contributed by atoms with Crippen molar-refractivity contribution in [2.24, 2.45) is 0 Å². The van der Waals surface area contributed by atoms with Gasteiger partial charge in [0.2, 0.25) is 0 Å². The first-order valence-electron chi connectivity index (χ1n) is 6.27. The predicted molar refractivity (Wildman–Crippen MR) is 79.5 cm³/mol. The van der Waals surface area contributed by atoms with Gasteiger partial charge in [-0.3, -0.25) is 5.32 Å². The van der Waals surface area contributed by atoms with Crippen LogP contribution in [0.3, 0.4) is 0 Å². The summed E-state index contributed by atoms with van der Waals surface area (Å²) in [6.07, 6.45) is 0. The zero-order valence-corrected chi connectivity index (χ0v) is 11.9. The number of aryl methyl sites for hydroxylation is 1. The van der Waals surface area contributed by atoms with Gasteiger partial charge in [0, 0.05) is 17.1 Å². The minimum Gasteiger partial charge on any atom is -0.508 e. The molecule has 2 N–H and O–H groups in total. The zero-order chi connectivity index (χ0) is 14.5. The Labute approximate surface area is 123 Å². The third-order valence-electron chi connectivity index (χ3n) is 3.05. The molecule has 0 heterocycles. The molecule has 3 nitrogen and oxygen atoms in total. The van der Waals surface area contributed by atoms with Gasteiger partial charge in [0.25, 0.3) is 0 Å². The van der Waals surface area contributed by atoms with Gasteiger partial charge in [-0.05, 0) is 36.8 Å². The van der Waals surface area contributed by atoms with Crippen molar-refractivity contribution in [1.82, 2.24) is 5.32 Å². The molecule has 0 fully saturated rings. The number of halogens is 1. The highest BCUT2D eigenvalue weighted by Gasteiger charge is 2.14. The van der Waals surface area contributed by atoms with Crippen LogP contribution in [0.5, 0.6) is 5.75 Å². The number of hydrogen-bond acceptors (Lipinski definition) is 3. The van der Waals surface area contributed by atoms with Gasteiger partial charge in [-0.25, -0.2) is 0 Å². The van der Waals surface area contributed by atoms with E-state index in [4.69, 9.17) is 11.6 Å². The summed E-state index contributed by atoms with van der Waals surface area (Å²) in [4.78, 5) is 0. The van der Waals surface area contributed by atoms with Crippen LogP contribution in [0, 0.1) is 18.3 Å². The van der Waals surface area contributed by atoms with Crippen molar-refractivity contribution in [2.45, 2.75) is 19.5 Å². The minimum absolute atomic E-state index is 0.130. The van der Waals surface area contributed by atoms with E-state index in [0.717, 1.165) is 11.1 Å². The fraction of sp³-hybridized carbons (Fsp3) is 0.188. The Morgan fingerprint density at radius 3 is 2.60 bits per heavy atom. The SMILES string of the molecule is Cc1ccc(O)c(C(C#N)NCc2ccc(Cl)cc2)c1. The van der Waals surface area contributed by atoms with Crippen LogP contribution in [-0.2, 0) is 6.54 Å². The summed E-state index contributed by atoms with van der Waals surface area (Å²) in [6, 6.07) is 14.3. The van der Waals surface area contributed by atoms with Crippen LogP contribution in [0.1, 0.15) is 22.7 Å². The molecule has 0 radical (unpaired) electrons. The van der Waals surface area contributed by atoms with Crippen LogP contribution in [-0.4, -0.2) is 5.11 Å². The van der Waals surface area contributed by atoms with Crippen LogP contribution in [0.25, 0.3) is 0 Å². The molecule has 0 saturated carbocycles. The van der Waals surface area contributed by atoms with E-state index in [0.29, 0.717) is 17.1 Å². The van der Waals surface area contributed by atoms with Crippen molar-refractivity contribution >= 4 is 11.6 Å². The maximum absolute atomic E-state index is 9.86. The van der Waals surface area contributed by atoms with Gasteiger partial charge in [0.05, 0.1) is 6.07 Å². The number of nitrogens with zero attached hydrogens (tertiary/aromatic N) is 1. The third-order valence-corrected chi connectivity index (χ3v) is 3.30. The Morgan fingerprint density at radius 2 is 1.95 bits per heavy atom. The molecule has 0 aliphatic heterocycles. The number of benzene rings is 2. The monoisotopic (exact) mass is 286 g/mol. The second-order valence-electron chi connectivity index (χ2n) is 4.63. The second-order valence-corrected chi connectivity index (χ2v) is 5.07. The van der Waals surface area contributed by atoms with Gasteiger partial charge >= 0.3 is 0 Å². The molecule has 0 amide bonds. The van der Waals surface area contributed by atoms with Crippen molar-refractivity contribution in [3.63, 3.8) is 0 Å². The van der Waals surface area contributed by atoms with Gasteiger partial charge in [-0.15, -0.1) is 0 Å². The van der Waals surface area contributed by atoms with E-state index in [1.54, 1.807) is 6.07 Å². The van der Waals surface area contributed by atoms with Crippen LogP contribution in [0.4, 0.5) is 0 Å². The van der Waals surface area contributed by atoms with Gasteiger partial charge in [-0.2, -0.15) is 5.26 Å². The summed E-state index contributed by atoms with van der Waals surface area (Å²) in [6.45, 7) is 2.46. The van der Waals surface area contributed by atoms with Gasteiger partial charge in [0.1, 0.15) is 11.8 Å². The Bertz CT molecular complexity index is 632. The van der Waals surface area contributed by atoms with Crippen molar-refractivity contribution in [1.29, 1.82) is 5.26 Å². The molecule has 4 heteroatoms. The van der Waals surface area contributed by atoms with E-state index >= 15 is 0 Å². The molecule has 0 spiro atoms. The van der Waals surface area contributed by atoms with Crippen LogP contribution < -0.4 is 5.32 Å². The Kier molecular flexibility index (Phi) is 4.62.